The molecule has 1 heterocycles. The molecule has 0 spiro atoms. The van der Waals surface area contributed by atoms with E-state index in [-0.39, 0.29) is 28.7 Å². The van der Waals surface area contributed by atoms with E-state index < -0.39 is 16.1 Å². The van der Waals surface area contributed by atoms with Crippen molar-refractivity contribution in [3.63, 3.8) is 0 Å². The first-order valence-corrected chi connectivity index (χ1v) is 13.0. The van der Waals surface area contributed by atoms with Crippen LogP contribution in [0.15, 0.2) is 23.1 Å². The predicted molar refractivity (Wildman–Crippen MR) is 121 cm³/mol. The second kappa shape index (κ2) is 10.6. The molecule has 8 heteroatoms. The lowest BCUT2D eigenvalue weighted by Crippen LogP contribution is -2.50. The summed E-state index contributed by atoms with van der Waals surface area (Å²) in [4.78, 5) is 24.9. The Morgan fingerprint density at radius 3 is 2.48 bits per heavy atom. The fraction of sp³-hybridized carbons (Fsp3) is 0.652. The number of carbonyl (C=O) groups is 2. The van der Waals surface area contributed by atoms with Crippen LogP contribution in [0, 0.1) is 5.92 Å². The maximum atomic E-state index is 13.1. The Morgan fingerprint density at radius 2 is 1.81 bits per heavy atom. The minimum absolute atomic E-state index is 0.0559. The van der Waals surface area contributed by atoms with Crippen LogP contribution >= 0.6 is 0 Å². The summed E-state index contributed by atoms with van der Waals surface area (Å²) in [6, 6.07) is 4.04. The molecule has 0 radical (unpaired) electrons. The van der Waals surface area contributed by atoms with Crippen LogP contribution in [-0.2, 0) is 26.0 Å². The Labute approximate surface area is 185 Å². The summed E-state index contributed by atoms with van der Waals surface area (Å²) in [6.45, 7) is 3.95. The van der Waals surface area contributed by atoms with Gasteiger partial charge in [-0.25, -0.2) is 8.42 Å². The van der Waals surface area contributed by atoms with Crippen LogP contribution in [0.1, 0.15) is 77.2 Å². The van der Waals surface area contributed by atoms with Crippen molar-refractivity contribution in [1.82, 2.24) is 10.0 Å². The SMILES string of the molecule is CC(C)C[C@H](NS(=O)(=O)c1ccc2c(c1)CCCC(=O)N2)C(=O)NC1CCCCCC1. The van der Waals surface area contributed by atoms with Gasteiger partial charge in [0.05, 0.1) is 4.90 Å². The van der Waals surface area contributed by atoms with Gasteiger partial charge >= 0.3 is 0 Å². The lowest BCUT2D eigenvalue weighted by Gasteiger charge is -2.24. The van der Waals surface area contributed by atoms with Crippen LogP contribution in [0.4, 0.5) is 5.69 Å². The Bertz CT molecular complexity index is 890. The Hall–Kier alpha value is -1.93. The van der Waals surface area contributed by atoms with E-state index in [2.05, 4.69) is 15.4 Å². The Kier molecular flexibility index (Phi) is 8.11. The topological polar surface area (TPSA) is 104 Å². The molecule has 3 rings (SSSR count). The molecule has 1 saturated carbocycles. The molecule has 2 amide bonds. The van der Waals surface area contributed by atoms with E-state index in [1.807, 2.05) is 13.8 Å². The molecule has 1 aromatic carbocycles. The number of carbonyl (C=O) groups excluding carboxylic acids is 2. The monoisotopic (exact) mass is 449 g/mol. The molecule has 0 bridgehead atoms. The highest BCUT2D eigenvalue weighted by atomic mass is 32.2. The molecule has 3 N–H and O–H groups in total. The molecule has 172 valence electrons. The highest BCUT2D eigenvalue weighted by Crippen LogP contribution is 2.25. The standard InChI is InChI=1S/C23H35N3O4S/c1-16(2)14-21(23(28)24-18-9-5-3-4-6-10-18)26-31(29,30)19-12-13-20-17(15-19)8-7-11-22(27)25-20/h12-13,15-16,18,21,26H,3-11,14H2,1-2H3,(H,24,28)(H,25,27)/t21-/m0/s1. The summed E-state index contributed by atoms with van der Waals surface area (Å²) in [6.07, 6.45) is 8.62. The van der Waals surface area contributed by atoms with Crippen molar-refractivity contribution < 1.29 is 18.0 Å². The highest BCUT2D eigenvalue weighted by Gasteiger charge is 2.29. The van der Waals surface area contributed by atoms with Gasteiger partial charge in [-0.2, -0.15) is 4.72 Å². The van der Waals surface area contributed by atoms with E-state index >= 15 is 0 Å². The third kappa shape index (κ3) is 6.77. The predicted octanol–water partition coefficient (Wildman–Crippen LogP) is 3.49. The highest BCUT2D eigenvalue weighted by molar-refractivity contribution is 7.89. The van der Waals surface area contributed by atoms with E-state index in [1.165, 1.54) is 18.9 Å². The zero-order valence-corrected chi connectivity index (χ0v) is 19.4. The van der Waals surface area contributed by atoms with Crippen molar-refractivity contribution in [3.05, 3.63) is 23.8 Å². The number of benzene rings is 1. The van der Waals surface area contributed by atoms with Crippen molar-refractivity contribution in [2.24, 2.45) is 5.92 Å². The molecule has 0 saturated heterocycles. The molecule has 0 unspecified atom stereocenters. The minimum atomic E-state index is -3.88. The molecular formula is C23H35N3O4S. The zero-order chi connectivity index (χ0) is 22.4. The maximum absolute atomic E-state index is 13.1. The number of nitrogens with one attached hydrogen (secondary N) is 3. The molecule has 2 aliphatic rings. The third-order valence-corrected chi connectivity index (χ3v) is 7.50. The van der Waals surface area contributed by atoms with Gasteiger partial charge in [0, 0.05) is 18.2 Å². The number of amides is 2. The first kappa shape index (κ1) is 23.7. The van der Waals surface area contributed by atoms with Crippen molar-refractivity contribution in [1.29, 1.82) is 0 Å². The number of aryl methyl sites for hydroxylation is 1. The lowest BCUT2D eigenvalue weighted by atomic mass is 10.0. The van der Waals surface area contributed by atoms with Crippen molar-refractivity contribution in [2.45, 2.75) is 95.0 Å². The Balaban J connectivity index is 1.75. The molecule has 1 aromatic rings. The first-order chi connectivity index (χ1) is 14.7. The third-order valence-electron chi connectivity index (χ3n) is 6.03. The van der Waals surface area contributed by atoms with Gasteiger partial charge in [0.2, 0.25) is 21.8 Å². The molecule has 31 heavy (non-hydrogen) atoms. The summed E-state index contributed by atoms with van der Waals surface area (Å²) < 4.78 is 28.9. The van der Waals surface area contributed by atoms with Gasteiger partial charge in [-0.1, -0.05) is 39.5 Å². The summed E-state index contributed by atoms with van der Waals surface area (Å²) in [7, 11) is -3.88. The van der Waals surface area contributed by atoms with Gasteiger partial charge < -0.3 is 10.6 Å². The average Bonchev–Trinajstić information content (AvgIpc) is 3.06. The van der Waals surface area contributed by atoms with Gasteiger partial charge in [-0.3, -0.25) is 9.59 Å². The molecule has 0 aromatic heterocycles. The number of hydrogen-bond acceptors (Lipinski definition) is 4. The Morgan fingerprint density at radius 1 is 1.10 bits per heavy atom. The average molecular weight is 450 g/mol. The summed E-state index contributed by atoms with van der Waals surface area (Å²) in [5, 5.41) is 5.91. The minimum Gasteiger partial charge on any atom is -0.352 e. The molecule has 1 atom stereocenters. The molecule has 1 aliphatic carbocycles. The van der Waals surface area contributed by atoms with E-state index in [0.717, 1.165) is 31.2 Å². The fourth-order valence-corrected chi connectivity index (χ4v) is 5.64. The number of hydrogen-bond donors (Lipinski definition) is 3. The maximum Gasteiger partial charge on any atom is 0.241 e. The first-order valence-electron chi connectivity index (χ1n) is 11.5. The van der Waals surface area contributed by atoms with Crippen molar-refractivity contribution in [3.8, 4) is 0 Å². The van der Waals surface area contributed by atoms with E-state index in [0.29, 0.717) is 31.4 Å². The van der Waals surface area contributed by atoms with Crippen molar-refractivity contribution >= 4 is 27.5 Å². The number of sulfonamides is 1. The zero-order valence-electron chi connectivity index (χ0n) is 18.6. The smallest absolute Gasteiger partial charge is 0.241 e. The van der Waals surface area contributed by atoms with Crippen LogP contribution in [0.3, 0.4) is 0 Å². The van der Waals surface area contributed by atoms with Crippen molar-refractivity contribution in [2.75, 3.05) is 5.32 Å². The number of rotatable bonds is 7. The van der Waals surface area contributed by atoms with Gasteiger partial charge in [0.1, 0.15) is 6.04 Å². The quantitative estimate of drug-likeness (QED) is 0.554. The van der Waals surface area contributed by atoms with Crippen LogP contribution in [0.5, 0.6) is 0 Å². The van der Waals surface area contributed by atoms with Crippen LogP contribution < -0.4 is 15.4 Å². The second-order valence-electron chi connectivity index (χ2n) is 9.22. The summed E-state index contributed by atoms with van der Waals surface area (Å²) in [5.74, 6) is -0.138. The van der Waals surface area contributed by atoms with Gasteiger partial charge in [0.15, 0.2) is 0 Å². The molecule has 1 fully saturated rings. The fourth-order valence-electron chi connectivity index (χ4n) is 4.38. The van der Waals surface area contributed by atoms with Crippen LogP contribution in [0.2, 0.25) is 0 Å². The van der Waals surface area contributed by atoms with Gasteiger partial charge in [-0.15, -0.1) is 0 Å². The number of fused-ring (bicyclic) bond motifs is 1. The van der Waals surface area contributed by atoms with E-state index in [4.69, 9.17) is 0 Å². The summed E-state index contributed by atoms with van der Waals surface area (Å²) >= 11 is 0. The molecule has 7 nitrogen and oxygen atoms in total. The normalized spacial score (nSPS) is 19.1. The van der Waals surface area contributed by atoms with E-state index in [9.17, 15) is 18.0 Å². The van der Waals surface area contributed by atoms with Crippen LogP contribution in [-0.4, -0.2) is 32.3 Å². The molecule has 1 aliphatic heterocycles. The second-order valence-corrected chi connectivity index (χ2v) is 10.9. The largest absolute Gasteiger partial charge is 0.352 e. The summed E-state index contributed by atoms with van der Waals surface area (Å²) in [5.41, 5.74) is 1.46. The van der Waals surface area contributed by atoms with Crippen LogP contribution in [0.25, 0.3) is 0 Å². The number of anilines is 1. The van der Waals surface area contributed by atoms with Gasteiger partial charge in [0.25, 0.3) is 0 Å². The lowest BCUT2D eigenvalue weighted by molar-refractivity contribution is -0.124. The van der Waals surface area contributed by atoms with Gasteiger partial charge in [-0.05, 0) is 61.8 Å². The van der Waals surface area contributed by atoms with E-state index in [1.54, 1.807) is 12.1 Å². The molecular weight excluding hydrogens is 414 g/mol.